The fourth-order valence-corrected chi connectivity index (χ4v) is 5.16. The second-order valence-electron chi connectivity index (χ2n) is 6.84. The van der Waals surface area contributed by atoms with Crippen molar-refractivity contribution in [2.45, 2.75) is 30.1 Å². The van der Waals surface area contributed by atoms with Gasteiger partial charge in [0.2, 0.25) is 20.0 Å². The molecule has 0 aromatic carbocycles. The zero-order chi connectivity index (χ0) is 16.5. The molecule has 5 N–H and O–H groups in total. The van der Waals surface area contributed by atoms with Crippen LogP contribution in [0.3, 0.4) is 0 Å². The van der Waals surface area contributed by atoms with Gasteiger partial charge in [-0.2, -0.15) is 0 Å². The molecular weight excluding hydrogens is 368 g/mol. The predicted octanol–water partition coefficient (Wildman–Crippen LogP) is -1.49. The van der Waals surface area contributed by atoms with Crippen LogP contribution in [0.15, 0.2) is 0 Å². The number of rotatable bonds is 4. The fourth-order valence-electron chi connectivity index (χ4n) is 2.02. The SMILES string of the molecule is C[Si](C)(C)CN1CC(S(N)(=O)=O)C1.Cl.NS(=O)(=O)C1CNC1. The van der Waals surface area contributed by atoms with Gasteiger partial charge in [0.25, 0.3) is 0 Å². The van der Waals surface area contributed by atoms with Gasteiger partial charge < -0.3 is 10.2 Å². The number of nitrogens with zero attached hydrogens (tertiary/aromatic N) is 1. The minimum Gasteiger partial charge on any atom is -0.314 e. The van der Waals surface area contributed by atoms with Crippen LogP contribution in [0.4, 0.5) is 0 Å². The molecule has 0 aromatic rings. The molecule has 134 valence electrons. The van der Waals surface area contributed by atoms with E-state index in [4.69, 9.17) is 10.3 Å². The van der Waals surface area contributed by atoms with Gasteiger partial charge >= 0.3 is 0 Å². The third-order valence-corrected chi connectivity index (χ3v) is 7.18. The summed E-state index contributed by atoms with van der Waals surface area (Å²) in [5, 5.41) is 12.0. The van der Waals surface area contributed by atoms with Crippen molar-refractivity contribution in [2.24, 2.45) is 10.3 Å². The maximum atomic E-state index is 10.9. The van der Waals surface area contributed by atoms with E-state index in [9.17, 15) is 16.8 Å². The van der Waals surface area contributed by atoms with Crippen LogP contribution in [0.2, 0.25) is 19.6 Å². The topological polar surface area (TPSA) is 136 Å². The Bertz CT molecular complexity index is 554. The molecule has 2 rings (SSSR count). The maximum absolute atomic E-state index is 10.9. The lowest BCUT2D eigenvalue weighted by Gasteiger charge is -2.40. The molecule has 0 radical (unpaired) electrons. The number of sulfonamides is 2. The first-order chi connectivity index (χ1) is 9.29. The summed E-state index contributed by atoms with van der Waals surface area (Å²) >= 11 is 0. The third kappa shape index (κ3) is 7.68. The Morgan fingerprint density at radius 2 is 1.41 bits per heavy atom. The summed E-state index contributed by atoms with van der Waals surface area (Å²) in [6.45, 7) is 9.11. The highest BCUT2D eigenvalue weighted by molar-refractivity contribution is 7.90. The molecule has 0 amide bonds. The van der Waals surface area contributed by atoms with Gasteiger partial charge in [0.05, 0.1) is 13.3 Å². The Balaban J connectivity index is 0.000000423. The van der Waals surface area contributed by atoms with E-state index in [1.807, 2.05) is 0 Å². The first-order valence-electron chi connectivity index (χ1n) is 6.75. The van der Waals surface area contributed by atoms with E-state index in [2.05, 4.69) is 29.9 Å². The summed E-state index contributed by atoms with van der Waals surface area (Å²) in [6.07, 6.45) is 1.07. The normalized spacial score (nSPS) is 21.0. The molecule has 0 unspecified atom stereocenters. The summed E-state index contributed by atoms with van der Waals surface area (Å²) in [5.41, 5.74) is 0. The second-order valence-corrected chi connectivity index (χ2v) is 16.0. The van der Waals surface area contributed by atoms with Crippen molar-refractivity contribution < 1.29 is 16.8 Å². The molecule has 2 saturated heterocycles. The maximum Gasteiger partial charge on any atom is 0.214 e. The lowest BCUT2D eigenvalue weighted by Crippen LogP contribution is -2.59. The molecule has 22 heavy (non-hydrogen) atoms. The van der Waals surface area contributed by atoms with E-state index >= 15 is 0 Å². The Morgan fingerprint density at radius 3 is 1.59 bits per heavy atom. The molecule has 0 saturated carbocycles. The highest BCUT2D eigenvalue weighted by Crippen LogP contribution is 2.16. The molecule has 2 aliphatic heterocycles. The molecular formula is C10H27ClN4O4S2Si. The van der Waals surface area contributed by atoms with Gasteiger partial charge in [0, 0.05) is 26.2 Å². The van der Waals surface area contributed by atoms with Gasteiger partial charge in [0.1, 0.15) is 5.25 Å². The molecule has 8 nitrogen and oxygen atoms in total. The molecule has 2 fully saturated rings. The van der Waals surface area contributed by atoms with Crippen LogP contribution in [-0.4, -0.2) is 72.7 Å². The van der Waals surface area contributed by atoms with Gasteiger partial charge in [0.15, 0.2) is 0 Å². The van der Waals surface area contributed by atoms with E-state index in [0.29, 0.717) is 26.2 Å². The van der Waals surface area contributed by atoms with Crippen molar-refractivity contribution in [3.05, 3.63) is 0 Å². The molecule has 2 aliphatic rings. The summed E-state index contributed by atoms with van der Waals surface area (Å²) in [4.78, 5) is 2.18. The van der Waals surface area contributed by atoms with E-state index in [-0.39, 0.29) is 22.9 Å². The average Bonchev–Trinajstić information content (AvgIpc) is 2.01. The van der Waals surface area contributed by atoms with Crippen molar-refractivity contribution in [1.82, 2.24) is 10.2 Å². The standard InChI is InChI=1S/C7H18N2O2SSi.C3H8N2O2S.ClH/c1-13(2,3)6-9-4-7(5-9)12(8,10)11;4-8(6,7)3-1-5-2-3;/h7H,4-6H2,1-3H3,(H2,8,10,11);3,5H,1-2H2,(H2,4,6,7);1H. The highest BCUT2D eigenvalue weighted by atomic mass is 35.5. The van der Waals surface area contributed by atoms with Crippen LogP contribution in [0.5, 0.6) is 0 Å². The monoisotopic (exact) mass is 394 g/mol. The van der Waals surface area contributed by atoms with Crippen molar-refractivity contribution in [3.63, 3.8) is 0 Å². The number of halogens is 1. The smallest absolute Gasteiger partial charge is 0.214 e. The van der Waals surface area contributed by atoms with E-state index in [1.165, 1.54) is 0 Å². The lowest BCUT2D eigenvalue weighted by atomic mass is 10.2. The molecule has 2 heterocycles. The Hall–Kier alpha value is 0.247. The third-order valence-electron chi connectivity index (χ3n) is 3.29. The molecule has 0 aromatic heterocycles. The molecule has 0 spiro atoms. The summed E-state index contributed by atoms with van der Waals surface area (Å²) in [6, 6.07) is 0. The first-order valence-corrected chi connectivity index (χ1v) is 13.7. The van der Waals surface area contributed by atoms with Gasteiger partial charge in [-0.25, -0.2) is 27.1 Å². The van der Waals surface area contributed by atoms with Crippen LogP contribution in [0, 0.1) is 0 Å². The van der Waals surface area contributed by atoms with E-state index < -0.39 is 28.1 Å². The largest absolute Gasteiger partial charge is 0.314 e. The molecule has 0 aliphatic carbocycles. The van der Waals surface area contributed by atoms with Crippen molar-refractivity contribution in [1.29, 1.82) is 0 Å². The second kappa shape index (κ2) is 7.88. The summed E-state index contributed by atoms with van der Waals surface area (Å²) in [5.74, 6) is 0. The average molecular weight is 395 g/mol. The summed E-state index contributed by atoms with van der Waals surface area (Å²) in [7, 11) is -7.60. The van der Waals surface area contributed by atoms with Crippen molar-refractivity contribution >= 4 is 40.5 Å². The number of hydrogen-bond acceptors (Lipinski definition) is 6. The minimum atomic E-state index is -3.28. The van der Waals surface area contributed by atoms with Crippen LogP contribution in [0.1, 0.15) is 0 Å². The number of nitrogens with one attached hydrogen (secondary N) is 1. The molecule has 0 bridgehead atoms. The predicted molar refractivity (Wildman–Crippen MR) is 93.7 cm³/mol. The van der Waals surface area contributed by atoms with Crippen LogP contribution in [-0.2, 0) is 20.0 Å². The van der Waals surface area contributed by atoms with Gasteiger partial charge in [-0.15, -0.1) is 12.4 Å². The zero-order valence-corrected chi connectivity index (χ0v) is 16.6. The van der Waals surface area contributed by atoms with E-state index in [0.717, 1.165) is 6.17 Å². The number of hydrogen-bond donors (Lipinski definition) is 3. The lowest BCUT2D eigenvalue weighted by molar-refractivity contribution is 0.214. The number of likely N-dealkylation sites (tertiary alicyclic amines) is 1. The number of primary sulfonamides is 2. The quantitative estimate of drug-likeness (QED) is 0.497. The van der Waals surface area contributed by atoms with Gasteiger partial charge in [-0.1, -0.05) is 19.6 Å². The summed E-state index contributed by atoms with van der Waals surface area (Å²) < 4.78 is 42.5. The Labute approximate surface area is 140 Å². The van der Waals surface area contributed by atoms with Crippen molar-refractivity contribution in [3.8, 4) is 0 Å². The molecule has 12 heteroatoms. The Kier molecular flexibility index (Phi) is 7.97. The molecule has 0 atom stereocenters. The van der Waals surface area contributed by atoms with Crippen LogP contribution >= 0.6 is 12.4 Å². The van der Waals surface area contributed by atoms with Gasteiger partial charge in [-0.3, -0.25) is 0 Å². The fraction of sp³-hybridized carbons (Fsp3) is 1.00. The van der Waals surface area contributed by atoms with E-state index in [1.54, 1.807) is 0 Å². The van der Waals surface area contributed by atoms with Crippen LogP contribution < -0.4 is 15.6 Å². The first kappa shape index (κ1) is 22.2. The van der Waals surface area contributed by atoms with Gasteiger partial charge in [-0.05, 0) is 6.17 Å². The Morgan fingerprint density at radius 1 is 1.00 bits per heavy atom. The van der Waals surface area contributed by atoms with Crippen molar-refractivity contribution in [2.75, 3.05) is 32.3 Å². The minimum absolute atomic E-state index is 0. The zero-order valence-electron chi connectivity index (χ0n) is 13.1. The number of nitrogens with two attached hydrogens (primary N) is 2. The van der Waals surface area contributed by atoms with Crippen LogP contribution in [0.25, 0.3) is 0 Å². The highest BCUT2D eigenvalue weighted by Gasteiger charge is 2.36.